The van der Waals surface area contributed by atoms with Gasteiger partial charge in [0.25, 0.3) is 5.91 Å². The monoisotopic (exact) mass is 353 g/mol. The minimum atomic E-state index is -0.858. The number of hydrogen-bond acceptors (Lipinski definition) is 3. The van der Waals surface area contributed by atoms with Crippen LogP contribution < -0.4 is 10.6 Å². The Morgan fingerprint density at radius 1 is 1.29 bits per heavy atom. The Balaban J connectivity index is 1.68. The van der Waals surface area contributed by atoms with Crippen LogP contribution in [0.15, 0.2) is 18.2 Å². The summed E-state index contributed by atoms with van der Waals surface area (Å²) in [6.45, 7) is -0.403. The molecule has 128 valence electrons. The molecule has 1 saturated heterocycles. The lowest BCUT2D eigenvalue weighted by Gasteiger charge is -2.30. The molecule has 0 unspecified atom stereocenters. The third-order valence-electron chi connectivity index (χ3n) is 4.46. The third-order valence-corrected chi connectivity index (χ3v) is 4.77. The summed E-state index contributed by atoms with van der Waals surface area (Å²) in [6.07, 6.45) is 3.97. The van der Waals surface area contributed by atoms with Gasteiger partial charge in [0.1, 0.15) is 17.9 Å². The van der Waals surface area contributed by atoms with E-state index in [2.05, 4.69) is 10.6 Å². The van der Waals surface area contributed by atoms with Gasteiger partial charge in [-0.3, -0.25) is 14.5 Å². The predicted octanol–water partition coefficient (Wildman–Crippen LogP) is 2.67. The second-order valence-corrected chi connectivity index (χ2v) is 6.54. The molecule has 1 saturated carbocycles. The van der Waals surface area contributed by atoms with Crippen molar-refractivity contribution in [3.8, 4) is 0 Å². The highest BCUT2D eigenvalue weighted by Gasteiger charge is 2.51. The van der Waals surface area contributed by atoms with Crippen LogP contribution in [0.25, 0.3) is 0 Å². The molecule has 0 atom stereocenters. The number of anilines is 1. The summed E-state index contributed by atoms with van der Waals surface area (Å²) in [5.41, 5.74) is -0.633. The standard InChI is InChI=1S/C16H17ClFN3O3/c17-11-8-10(18)4-5-12(11)19-13(22)9-21-14(23)16(20-15(21)24)6-2-1-3-7-16/h4-5,8H,1-3,6-7,9H2,(H,19,22)(H,20,24). The van der Waals surface area contributed by atoms with Crippen molar-refractivity contribution in [2.24, 2.45) is 0 Å². The lowest BCUT2D eigenvalue weighted by Crippen LogP contribution is -2.48. The molecule has 8 heteroatoms. The largest absolute Gasteiger partial charge is 0.325 e. The van der Waals surface area contributed by atoms with Crippen molar-refractivity contribution in [1.29, 1.82) is 0 Å². The Labute approximate surface area is 143 Å². The molecule has 1 aromatic rings. The van der Waals surface area contributed by atoms with E-state index < -0.39 is 29.8 Å². The molecule has 1 aliphatic carbocycles. The Bertz CT molecular complexity index is 704. The first-order chi connectivity index (χ1) is 11.4. The van der Waals surface area contributed by atoms with Crippen molar-refractivity contribution < 1.29 is 18.8 Å². The fraction of sp³-hybridized carbons (Fsp3) is 0.438. The van der Waals surface area contributed by atoms with Crippen LogP contribution in [0.3, 0.4) is 0 Å². The normalized spacial score (nSPS) is 19.5. The smallest absolute Gasteiger partial charge is 0.323 e. The number of amides is 4. The van der Waals surface area contributed by atoms with Crippen molar-refractivity contribution in [2.75, 3.05) is 11.9 Å². The maximum Gasteiger partial charge on any atom is 0.325 e. The highest BCUT2D eigenvalue weighted by atomic mass is 35.5. The minimum absolute atomic E-state index is 0.0456. The van der Waals surface area contributed by atoms with Crippen LogP contribution in [0.2, 0.25) is 5.02 Å². The number of rotatable bonds is 3. The fourth-order valence-corrected chi connectivity index (χ4v) is 3.45. The number of hydrogen-bond donors (Lipinski definition) is 2. The zero-order chi connectivity index (χ0) is 17.3. The predicted molar refractivity (Wildman–Crippen MR) is 86.1 cm³/mol. The van der Waals surface area contributed by atoms with E-state index in [4.69, 9.17) is 11.6 Å². The van der Waals surface area contributed by atoms with Gasteiger partial charge in [0, 0.05) is 0 Å². The van der Waals surface area contributed by atoms with Crippen LogP contribution in [0, 0.1) is 5.82 Å². The van der Waals surface area contributed by atoms with Gasteiger partial charge in [-0.2, -0.15) is 0 Å². The Kier molecular flexibility index (Phi) is 4.45. The highest BCUT2D eigenvalue weighted by Crippen LogP contribution is 2.33. The number of carbonyl (C=O) groups excluding carboxylic acids is 3. The first-order valence-corrected chi connectivity index (χ1v) is 8.18. The second-order valence-electron chi connectivity index (χ2n) is 6.14. The zero-order valence-electron chi connectivity index (χ0n) is 12.9. The van der Waals surface area contributed by atoms with E-state index in [0.29, 0.717) is 12.8 Å². The SMILES string of the molecule is O=C(CN1C(=O)NC2(CCCCC2)C1=O)Nc1ccc(F)cc1Cl. The van der Waals surface area contributed by atoms with Gasteiger partial charge in [-0.15, -0.1) is 0 Å². The van der Waals surface area contributed by atoms with Crippen molar-refractivity contribution >= 4 is 35.1 Å². The lowest BCUT2D eigenvalue weighted by atomic mass is 9.82. The maximum absolute atomic E-state index is 13.0. The molecule has 1 heterocycles. The number of halogens is 2. The molecule has 2 aliphatic rings. The summed E-state index contributed by atoms with van der Waals surface area (Å²) in [5.74, 6) is -1.45. The van der Waals surface area contributed by atoms with Crippen LogP contribution >= 0.6 is 11.6 Å². The van der Waals surface area contributed by atoms with Gasteiger partial charge in [-0.25, -0.2) is 9.18 Å². The van der Waals surface area contributed by atoms with Crippen LogP contribution in [0.4, 0.5) is 14.9 Å². The molecular weight excluding hydrogens is 337 g/mol. The van der Waals surface area contributed by atoms with Gasteiger partial charge < -0.3 is 10.6 Å². The Hall–Kier alpha value is -2.15. The average molecular weight is 354 g/mol. The summed E-state index contributed by atoms with van der Waals surface area (Å²) in [7, 11) is 0. The summed E-state index contributed by atoms with van der Waals surface area (Å²) in [4.78, 5) is 37.7. The van der Waals surface area contributed by atoms with E-state index in [1.165, 1.54) is 6.07 Å². The lowest BCUT2D eigenvalue weighted by molar-refractivity contribution is -0.134. The van der Waals surface area contributed by atoms with Crippen molar-refractivity contribution in [2.45, 2.75) is 37.6 Å². The number of carbonyl (C=O) groups is 3. The molecule has 24 heavy (non-hydrogen) atoms. The van der Waals surface area contributed by atoms with Crippen molar-refractivity contribution in [1.82, 2.24) is 10.2 Å². The van der Waals surface area contributed by atoms with Crippen LogP contribution in [-0.4, -0.2) is 34.8 Å². The van der Waals surface area contributed by atoms with Crippen LogP contribution in [0.1, 0.15) is 32.1 Å². The number of nitrogens with zero attached hydrogens (tertiary/aromatic N) is 1. The second kappa shape index (κ2) is 6.39. The van der Waals surface area contributed by atoms with E-state index in [9.17, 15) is 18.8 Å². The van der Waals surface area contributed by atoms with Gasteiger partial charge in [0.15, 0.2) is 0 Å². The molecule has 1 spiro atoms. The molecule has 2 N–H and O–H groups in total. The van der Waals surface area contributed by atoms with Gasteiger partial charge in [-0.05, 0) is 31.0 Å². The molecule has 0 aromatic heterocycles. The van der Waals surface area contributed by atoms with Crippen molar-refractivity contribution in [3.05, 3.63) is 29.0 Å². The highest BCUT2D eigenvalue weighted by molar-refractivity contribution is 6.33. The topological polar surface area (TPSA) is 78.5 Å². The molecule has 3 rings (SSSR count). The maximum atomic E-state index is 13.0. The first kappa shape index (κ1) is 16.7. The Morgan fingerprint density at radius 3 is 2.67 bits per heavy atom. The van der Waals surface area contributed by atoms with E-state index in [1.54, 1.807) is 0 Å². The summed E-state index contributed by atoms with van der Waals surface area (Å²) in [5, 5.41) is 5.27. The summed E-state index contributed by atoms with van der Waals surface area (Å²) >= 11 is 5.85. The number of urea groups is 1. The minimum Gasteiger partial charge on any atom is -0.323 e. The number of nitrogens with one attached hydrogen (secondary N) is 2. The quantitative estimate of drug-likeness (QED) is 0.820. The molecule has 2 fully saturated rings. The van der Waals surface area contributed by atoms with E-state index >= 15 is 0 Å². The average Bonchev–Trinajstić information content (AvgIpc) is 2.75. The number of imide groups is 1. The molecule has 0 bridgehead atoms. The fourth-order valence-electron chi connectivity index (χ4n) is 3.24. The van der Waals surface area contributed by atoms with Crippen LogP contribution in [0.5, 0.6) is 0 Å². The Morgan fingerprint density at radius 2 is 2.00 bits per heavy atom. The van der Waals surface area contributed by atoms with Gasteiger partial charge in [-0.1, -0.05) is 30.9 Å². The van der Waals surface area contributed by atoms with Gasteiger partial charge >= 0.3 is 6.03 Å². The van der Waals surface area contributed by atoms with Gasteiger partial charge in [0.05, 0.1) is 10.7 Å². The molecule has 1 aliphatic heterocycles. The molecule has 6 nitrogen and oxygen atoms in total. The van der Waals surface area contributed by atoms with Crippen LogP contribution in [-0.2, 0) is 9.59 Å². The summed E-state index contributed by atoms with van der Waals surface area (Å²) in [6, 6.07) is 3.00. The summed E-state index contributed by atoms with van der Waals surface area (Å²) < 4.78 is 13.0. The third kappa shape index (κ3) is 3.08. The van der Waals surface area contributed by atoms with E-state index in [1.807, 2.05) is 0 Å². The molecule has 4 amide bonds. The van der Waals surface area contributed by atoms with E-state index in [-0.39, 0.29) is 16.6 Å². The van der Waals surface area contributed by atoms with Gasteiger partial charge in [0.2, 0.25) is 5.91 Å². The zero-order valence-corrected chi connectivity index (χ0v) is 13.7. The molecule has 1 aromatic carbocycles. The molecule has 0 radical (unpaired) electrons. The first-order valence-electron chi connectivity index (χ1n) is 7.80. The molecular formula is C16H17ClFN3O3. The van der Waals surface area contributed by atoms with E-state index in [0.717, 1.165) is 36.3 Å². The number of benzene rings is 1. The van der Waals surface area contributed by atoms with Crippen molar-refractivity contribution in [3.63, 3.8) is 0 Å².